The van der Waals surface area contributed by atoms with E-state index in [-0.39, 0.29) is 0 Å². The summed E-state index contributed by atoms with van der Waals surface area (Å²) in [6, 6.07) is 7.50. The second-order valence-corrected chi connectivity index (χ2v) is 10.8. The van der Waals surface area contributed by atoms with Crippen LogP contribution < -0.4 is 5.32 Å². The standard InChI is InChI=1S/C21H26ClN3O3S/c1-29(26,27)21(9-11-28-12-10-21)14-23-20-17-7-2-3-8-18(17)24-19(25-20)15-5-4-6-16(22)13-15/h4-6,13H,2-3,7-12,14H2,1H3,(H,23,24,25). The van der Waals surface area contributed by atoms with E-state index in [9.17, 15) is 8.42 Å². The van der Waals surface area contributed by atoms with Gasteiger partial charge in [-0.15, -0.1) is 0 Å². The molecule has 29 heavy (non-hydrogen) atoms. The Morgan fingerprint density at radius 3 is 2.66 bits per heavy atom. The molecule has 0 unspecified atom stereocenters. The molecular weight excluding hydrogens is 410 g/mol. The molecule has 8 heteroatoms. The molecule has 1 N–H and O–H groups in total. The average Bonchev–Trinajstić information content (AvgIpc) is 2.71. The van der Waals surface area contributed by atoms with Crippen molar-refractivity contribution >= 4 is 27.3 Å². The van der Waals surface area contributed by atoms with Crippen molar-refractivity contribution < 1.29 is 13.2 Å². The number of aryl methyl sites for hydroxylation is 1. The van der Waals surface area contributed by atoms with Crippen molar-refractivity contribution in [3.63, 3.8) is 0 Å². The zero-order valence-electron chi connectivity index (χ0n) is 16.6. The molecule has 0 amide bonds. The summed E-state index contributed by atoms with van der Waals surface area (Å²) in [4.78, 5) is 9.59. The first-order valence-corrected chi connectivity index (χ1v) is 12.3. The highest BCUT2D eigenvalue weighted by Crippen LogP contribution is 2.33. The Balaban J connectivity index is 1.70. The van der Waals surface area contributed by atoms with E-state index in [2.05, 4.69) is 5.32 Å². The van der Waals surface area contributed by atoms with Gasteiger partial charge in [0.05, 0.1) is 4.75 Å². The Bertz CT molecular complexity index is 1000. The molecule has 156 valence electrons. The monoisotopic (exact) mass is 435 g/mol. The smallest absolute Gasteiger partial charge is 0.161 e. The molecule has 1 aliphatic heterocycles. The predicted octanol–water partition coefficient (Wildman–Crippen LogP) is 3.68. The molecule has 2 aliphatic rings. The van der Waals surface area contributed by atoms with Crippen LogP contribution in [0.1, 0.15) is 36.9 Å². The van der Waals surface area contributed by atoms with Gasteiger partial charge in [0.25, 0.3) is 0 Å². The van der Waals surface area contributed by atoms with E-state index in [0.717, 1.165) is 48.3 Å². The van der Waals surface area contributed by atoms with Crippen molar-refractivity contribution in [1.29, 1.82) is 0 Å². The number of benzene rings is 1. The summed E-state index contributed by atoms with van der Waals surface area (Å²) in [5, 5.41) is 4.03. The van der Waals surface area contributed by atoms with Crippen LogP contribution in [0.5, 0.6) is 0 Å². The average molecular weight is 436 g/mol. The van der Waals surface area contributed by atoms with E-state index in [4.69, 9.17) is 26.3 Å². The molecule has 2 heterocycles. The lowest BCUT2D eigenvalue weighted by atomic mass is 9.95. The van der Waals surface area contributed by atoms with E-state index in [1.807, 2.05) is 24.3 Å². The van der Waals surface area contributed by atoms with Gasteiger partial charge in [-0.2, -0.15) is 0 Å². The summed E-state index contributed by atoms with van der Waals surface area (Å²) in [6.07, 6.45) is 6.32. The number of nitrogens with zero attached hydrogens (tertiary/aromatic N) is 2. The van der Waals surface area contributed by atoms with Gasteiger partial charge in [0, 0.05) is 47.9 Å². The van der Waals surface area contributed by atoms with Crippen molar-refractivity contribution in [2.24, 2.45) is 0 Å². The highest BCUT2D eigenvalue weighted by atomic mass is 35.5. The number of hydrogen-bond donors (Lipinski definition) is 1. The Morgan fingerprint density at radius 1 is 1.17 bits per heavy atom. The van der Waals surface area contributed by atoms with E-state index >= 15 is 0 Å². The van der Waals surface area contributed by atoms with Crippen LogP contribution in [0.2, 0.25) is 5.02 Å². The largest absolute Gasteiger partial charge is 0.381 e. The van der Waals surface area contributed by atoms with Gasteiger partial charge in [0.15, 0.2) is 15.7 Å². The Labute approximate surface area is 177 Å². The lowest BCUT2D eigenvalue weighted by Gasteiger charge is -2.36. The minimum absolute atomic E-state index is 0.327. The fourth-order valence-corrected chi connectivity index (χ4v) is 5.60. The lowest BCUT2D eigenvalue weighted by Crippen LogP contribution is -2.48. The van der Waals surface area contributed by atoms with Gasteiger partial charge in [0.1, 0.15) is 5.82 Å². The number of fused-ring (bicyclic) bond motifs is 1. The summed E-state index contributed by atoms with van der Waals surface area (Å²) in [7, 11) is -3.25. The normalized spacial score (nSPS) is 18.8. The molecule has 0 bridgehead atoms. The summed E-state index contributed by atoms with van der Waals surface area (Å²) in [5.41, 5.74) is 3.01. The highest BCUT2D eigenvalue weighted by molar-refractivity contribution is 7.92. The number of sulfone groups is 1. The van der Waals surface area contributed by atoms with Crippen LogP contribution in [0.25, 0.3) is 11.4 Å². The number of rotatable bonds is 5. The van der Waals surface area contributed by atoms with E-state index in [1.54, 1.807) is 0 Å². The lowest BCUT2D eigenvalue weighted by molar-refractivity contribution is 0.0776. The third-order valence-corrected chi connectivity index (χ3v) is 8.40. The molecule has 0 atom stereocenters. The van der Waals surface area contributed by atoms with Gasteiger partial charge in [-0.1, -0.05) is 23.7 Å². The van der Waals surface area contributed by atoms with Crippen LogP contribution in [0.15, 0.2) is 24.3 Å². The number of nitrogens with one attached hydrogen (secondary N) is 1. The summed E-state index contributed by atoms with van der Waals surface area (Å²) < 4.78 is 29.8. The van der Waals surface area contributed by atoms with Gasteiger partial charge in [-0.25, -0.2) is 18.4 Å². The molecule has 0 radical (unpaired) electrons. The van der Waals surface area contributed by atoms with Crippen LogP contribution in [0.3, 0.4) is 0 Å². The van der Waals surface area contributed by atoms with Gasteiger partial charge < -0.3 is 10.1 Å². The van der Waals surface area contributed by atoms with Crippen LogP contribution in [-0.2, 0) is 27.4 Å². The van der Waals surface area contributed by atoms with Crippen molar-refractivity contribution in [2.45, 2.75) is 43.3 Å². The molecule has 1 aromatic heterocycles. The second kappa shape index (κ2) is 8.20. The van der Waals surface area contributed by atoms with E-state index in [1.165, 1.54) is 6.26 Å². The van der Waals surface area contributed by atoms with E-state index in [0.29, 0.717) is 43.4 Å². The molecule has 0 spiro atoms. The van der Waals surface area contributed by atoms with Crippen LogP contribution in [-0.4, -0.2) is 49.1 Å². The molecular formula is C21H26ClN3O3S. The van der Waals surface area contributed by atoms with Crippen LogP contribution in [0, 0.1) is 0 Å². The molecule has 1 saturated heterocycles. The third-order valence-electron chi connectivity index (χ3n) is 6.03. The number of anilines is 1. The first-order chi connectivity index (χ1) is 13.9. The Kier molecular flexibility index (Phi) is 5.82. The van der Waals surface area contributed by atoms with E-state index < -0.39 is 14.6 Å². The summed E-state index contributed by atoms with van der Waals surface area (Å²) in [6.45, 7) is 1.25. The van der Waals surface area contributed by atoms with Gasteiger partial charge in [-0.05, 0) is 50.7 Å². The van der Waals surface area contributed by atoms with Crippen LogP contribution >= 0.6 is 11.6 Å². The van der Waals surface area contributed by atoms with Gasteiger partial charge in [0.2, 0.25) is 0 Å². The minimum atomic E-state index is -3.25. The topological polar surface area (TPSA) is 81.2 Å². The maximum absolute atomic E-state index is 12.6. The fourth-order valence-electron chi connectivity index (χ4n) is 4.16. The molecule has 0 saturated carbocycles. The molecule has 6 nitrogen and oxygen atoms in total. The van der Waals surface area contributed by atoms with Crippen molar-refractivity contribution in [1.82, 2.24) is 9.97 Å². The predicted molar refractivity (Wildman–Crippen MR) is 115 cm³/mol. The SMILES string of the molecule is CS(=O)(=O)C1(CNc2nc(-c3cccc(Cl)c3)nc3c2CCCC3)CCOCC1. The zero-order chi connectivity index (χ0) is 20.5. The first-order valence-electron chi connectivity index (χ1n) is 10.0. The quantitative estimate of drug-likeness (QED) is 0.771. The number of hydrogen-bond acceptors (Lipinski definition) is 6. The molecule has 1 fully saturated rings. The zero-order valence-corrected chi connectivity index (χ0v) is 18.2. The minimum Gasteiger partial charge on any atom is -0.381 e. The third kappa shape index (κ3) is 4.27. The van der Waals surface area contributed by atoms with Crippen LogP contribution in [0.4, 0.5) is 5.82 Å². The van der Waals surface area contributed by atoms with Crippen molar-refractivity contribution in [2.75, 3.05) is 31.3 Å². The fraction of sp³-hybridized carbons (Fsp3) is 0.524. The second-order valence-electron chi connectivity index (χ2n) is 7.96. The molecule has 1 aromatic carbocycles. The highest BCUT2D eigenvalue weighted by Gasteiger charge is 2.42. The number of aromatic nitrogens is 2. The van der Waals surface area contributed by atoms with Crippen molar-refractivity contribution in [3.05, 3.63) is 40.5 Å². The van der Waals surface area contributed by atoms with Gasteiger partial charge in [-0.3, -0.25) is 0 Å². The first kappa shape index (κ1) is 20.6. The molecule has 2 aromatic rings. The maximum Gasteiger partial charge on any atom is 0.161 e. The summed E-state index contributed by atoms with van der Waals surface area (Å²) in [5.74, 6) is 1.37. The Morgan fingerprint density at radius 2 is 1.93 bits per heavy atom. The molecule has 4 rings (SSSR count). The molecule has 1 aliphatic carbocycles. The summed E-state index contributed by atoms with van der Waals surface area (Å²) >= 11 is 6.16. The number of ether oxygens (including phenoxy) is 1. The Hall–Kier alpha value is -1.70. The van der Waals surface area contributed by atoms with Gasteiger partial charge >= 0.3 is 0 Å². The number of halogens is 1. The van der Waals surface area contributed by atoms with Crippen molar-refractivity contribution in [3.8, 4) is 11.4 Å². The maximum atomic E-state index is 12.6.